The molecule has 0 bridgehead atoms. The van der Waals surface area contributed by atoms with Gasteiger partial charge in [0.15, 0.2) is 0 Å². The molecule has 1 rings (SSSR count). The average molecular weight is 266 g/mol. The van der Waals surface area contributed by atoms with Crippen LogP contribution in [-0.4, -0.2) is 42.2 Å². The number of nitrogens with one attached hydrogen (secondary N) is 2. The van der Waals surface area contributed by atoms with Crippen LogP contribution in [-0.2, 0) is 11.2 Å². The van der Waals surface area contributed by atoms with E-state index in [0.29, 0.717) is 5.56 Å². The maximum Gasteiger partial charge on any atom is 0.265 e. The number of nitrogens with two attached hydrogens (primary N) is 1. The van der Waals surface area contributed by atoms with Gasteiger partial charge >= 0.3 is 0 Å². The molecule has 0 aromatic heterocycles. The van der Waals surface area contributed by atoms with Crippen molar-refractivity contribution in [3.63, 3.8) is 0 Å². The Kier molecular flexibility index (Phi) is 5.43. The van der Waals surface area contributed by atoms with E-state index in [1.807, 2.05) is 0 Å². The zero-order chi connectivity index (χ0) is 14.4. The summed E-state index contributed by atoms with van der Waals surface area (Å²) in [5.74, 6) is -0.858. The Morgan fingerprint density at radius 2 is 1.89 bits per heavy atom. The first-order chi connectivity index (χ1) is 8.93. The number of amides is 2. The molecule has 7 heteroatoms. The first kappa shape index (κ1) is 15.1. The maximum atomic E-state index is 11.7. The van der Waals surface area contributed by atoms with Crippen molar-refractivity contribution >= 4 is 11.8 Å². The minimum atomic E-state index is -0.827. The van der Waals surface area contributed by atoms with Crippen LogP contribution in [0.3, 0.4) is 0 Å². The fourth-order valence-corrected chi connectivity index (χ4v) is 1.49. The maximum absolute atomic E-state index is 11.7. The van der Waals surface area contributed by atoms with Gasteiger partial charge in [0.25, 0.3) is 11.8 Å². The van der Waals surface area contributed by atoms with E-state index in [2.05, 4.69) is 5.43 Å². The zero-order valence-corrected chi connectivity index (χ0v) is 10.9. The summed E-state index contributed by atoms with van der Waals surface area (Å²) < 4.78 is 0. The highest BCUT2D eigenvalue weighted by Crippen LogP contribution is 2.06. The van der Waals surface area contributed by atoms with Crippen molar-refractivity contribution in [3.8, 4) is 0 Å². The monoisotopic (exact) mass is 266 g/mol. The predicted molar refractivity (Wildman–Crippen MR) is 69.2 cm³/mol. The number of hydroxylamine groups is 1. The SMILES string of the molecule is CN(C)NC(=O)c1ccc(C[C@H](N)C(=O)NO)cc1. The second-order valence-corrected chi connectivity index (χ2v) is 4.32. The van der Waals surface area contributed by atoms with Crippen LogP contribution in [0.5, 0.6) is 0 Å². The van der Waals surface area contributed by atoms with E-state index in [-0.39, 0.29) is 12.3 Å². The van der Waals surface area contributed by atoms with Crippen molar-refractivity contribution < 1.29 is 14.8 Å². The van der Waals surface area contributed by atoms with E-state index in [4.69, 9.17) is 10.9 Å². The zero-order valence-electron chi connectivity index (χ0n) is 10.9. The molecule has 1 aromatic rings. The van der Waals surface area contributed by atoms with Crippen molar-refractivity contribution in [3.05, 3.63) is 35.4 Å². The Labute approximate surface area is 111 Å². The first-order valence-electron chi connectivity index (χ1n) is 5.71. The van der Waals surface area contributed by atoms with Crippen LogP contribution in [0, 0.1) is 0 Å². The Balaban J connectivity index is 2.66. The van der Waals surface area contributed by atoms with Gasteiger partial charge in [-0.1, -0.05) is 12.1 Å². The summed E-state index contributed by atoms with van der Waals surface area (Å²) in [7, 11) is 3.44. The lowest BCUT2D eigenvalue weighted by atomic mass is 10.0. The van der Waals surface area contributed by atoms with Crippen LogP contribution in [0.1, 0.15) is 15.9 Å². The minimum Gasteiger partial charge on any atom is -0.320 e. The lowest BCUT2D eigenvalue weighted by Gasteiger charge is -2.12. The lowest BCUT2D eigenvalue weighted by molar-refractivity contribution is -0.130. The quantitative estimate of drug-likeness (QED) is 0.415. The number of nitrogens with zero attached hydrogens (tertiary/aromatic N) is 1. The molecule has 0 saturated carbocycles. The fourth-order valence-electron chi connectivity index (χ4n) is 1.49. The molecule has 0 aliphatic heterocycles. The molecule has 7 nitrogen and oxygen atoms in total. The number of hydrazine groups is 1. The molecule has 0 fully saturated rings. The summed E-state index contributed by atoms with van der Waals surface area (Å²) in [5, 5.41) is 10.0. The number of hydrogen-bond acceptors (Lipinski definition) is 5. The molecule has 1 atom stereocenters. The molecule has 19 heavy (non-hydrogen) atoms. The highest BCUT2D eigenvalue weighted by molar-refractivity contribution is 5.93. The van der Waals surface area contributed by atoms with Crippen molar-refractivity contribution in [1.82, 2.24) is 15.9 Å². The van der Waals surface area contributed by atoms with Crippen LogP contribution in [0.2, 0.25) is 0 Å². The predicted octanol–water partition coefficient (Wildman–Crippen LogP) is -0.732. The molecule has 0 heterocycles. The molecule has 0 aliphatic rings. The topological polar surface area (TPSA) is 108 Å². The summed E-state index contributed by atoms with van der Waals surface area (Å²) in [5.41, 5.74) is 11.0. The van der Waals surface area contributed by atoms with Crippen molar-refractivity contribution in [2.75, 3.05) is 14.1 Å². The van der Waals surface area contributed by atoms with Gasteiger partial charge in [0.2, 0.25) is 0 Å². The van der Waals surface area contributed by atoms with E-state index < -0.39 is 11.9 Å². The smallest absolute Gasteiger partial charge is 0.265 e. The van der Waals surface area contributed by atoms with Gasteiger partial charge in [-0.25, -0.2) is 10.5 Å². The highest BCUT2D eigenvalue weighted by Gasteiger charge is 2.13. The molecule has 0 unspecified atom stereocenters. The Morgan fingerprint density at radius 3 is 2.37 bits per heavy atom. The van der Waals surface area contributed by atoms with Gasteiger partial charge in [-0.15, -0.1) is 0 Å². The van der Waals surface area contributed by atoms with Gasteiger partial charge in [0.1, 0.15) is 0 Å². The third-order valence-electron chi connectivity index (χ3n) is 2.44. The van der Waals surface area contributed by atoms with E-state index in [1.54, 1.807) is 43.4 Å². The molecule has 1 aromatic carbocycles. The Bertz CT molecular complexity index is 445. The van der Waals surface area contributed by atoms with Gasteiger partial charge in [-0.3, -0.25) is 20.2 Å². The van der Waals surface area contributed by atoms with E-state index in [0.717, 1.165) is 5.56 Å². The normalized spacial score (nSPS) is 12.1. The van der Waals surface area contributed by atoms with Crippen molar-refractivity contribution in [2.24, 2.45) is 5.73 Å². The lowest BCUT2D eigenvalue weighted by Crippen LogP contribution is -2.40. The van der Waals surface area contributed by atoms with Crippen molar-refractivity contribution in [2.45, 2.75) is 12.5 Å². The highest BCUT2D eigenvalue weighted by atomic mass is 16.5. The second-order valence-electron chi connectivity index (χ2n) is 4.32. The Hall–Kier alpha value is -1.96. The van der Waals surface area contributed by atoms with Crippen molar-refractivity contribution in [1.29, 1.82) is 0 Å². The van der Waals surface area contributed by atoms with Gasteiger partial charge in [-0.05, 0) is 24.1 Å². The molecule has 5 N–H and O–H groups in total. The third kappa shape index (κ3) is 4.66. The van der Waals surface area contributed by atoms with Gasteiger partial charge in [0.05, 0.1) is 6.04 Å². The first-order valence-corrected chi connectivity index (χ1v) is 5.71. The van der Waals surface area contributed by atoms with E-state index in [1.165, 1.54) is 5.48 Å². The number of carbonyl (C=O) groups excluding carboxylic acids is 2. The summed E-state index contributed by atoms with van der Waals surface area (Å²) in [6.45, 7) is 0. The molecule has 0 spiro atoms. The number of hydrogen-bond donors (Lipinski definition) is 4. The molecule has 0 radical (unpaired) electrons. The number of rotatable bonds is 5. The van der Waals surface area contributed by atoms with Crippen LogP contribution in [0.25, 0.3) is 0 Å². The summed E-state index contributed by atoms with van der Waals surface area (Å²) in [6, 6.07) is 5.91. The average Bonchev–Trinajstić information content (AvgIpc) is 2.37. The van der Waals surface area contributed by atoms with Gasteiger partial charge < -0.3 is 5.73 Å². The molecule has 0 aliphatic carbocycles. The Morgan fingerprint density at radius 1 is 1.32 bits per heavy atom. The number of carbonyl (C=O) groups is 2. The largest absolute Gasteiger partial charge is 0.320 e. The summed E-state index contributed by atoms with van der Waals surface area (Å²) in [4.78, 5) is 22.7. The van der Waals surface area contributed by atoms with Crippen LogP contribution in [0.4, 0.5) is 0 Å². The van der Waals surface area contributed by atoms with E-state index in [9.17, 15) is 9.59 Å². The molecular weight excluding hydrogens is 248 g/mol. The fraction of sp³-hybridized carbons (Fsp3) is 0.333. The molecule has 0 saturated heterocycles. The minimum absolute atomic E-state index is 0.214. The second kappa shape index (κ2) is 6.83. The molecular formula is C12H18N4O3. The third-order valence-corrected chi connectivity index (χ3v) is 2.44. The van der Waals surface area contributed by atoms with Crippen LogP contribution >= 0.6 is 0 Å². The van der Waals surface area contributed by atoms with Gasteiger partial charge in [-0.2, -0.15) is 0 Å². The van der Waals surface area contributed by atoms with Crippen LogP contribution in [0.15, 0.2) is 24.3 Å². The van der Waals surface area contributed by atoms with Crippen LogP contribution < -0.4 is 16.6 Å². The standard InChI is InChI=1S/C12H18N4O3/c1-16(2)14-11(17)9-5-3-8(4-6-9)7-10(13)12(18)15-19/h3-6,10,19H,7,13H2,1-2H3,(H,14,17)(H,15,18)/t10-/m0/s1. The summed E-state index contributed by atoms with van der Waals surface area (Å²) >= 11 is 0. The molecule has 2 amide bonds. The van der Waals surface area contributed by atoms with Gasteiger partial charge in [0, 0.05) is 19.7 Å². The number of benzene rings is 1. The molecule has 104 valence electrons. The van der Waals surface area contributed by atoms with E-state index >= 15 is 0 Å². The summed E-state index contributed by atoms with van der Waals surface area (Å²) in [6.07, 6.45) is 0.280.